The molecule has 140 valence electrons. The summed E-state index contributed by atoms with van der Waals surface area (Å²) in [5.41, 5.74) is 1.35. The van der Waals surface area contributed by atoms with Crippen molar-refractivity contribution >= 4 is 23.7 Å². The van der Waals surface area contributed by atoms with Crippen LogP contribution in [0.1, 0.15) is 51.8 Å². The Balaban J connectivity index is 2.08. The molecule has 0 saturated heterocycles. The van der Waals surface area contributed by atoms with E-state index in [0.29, 0.717) is 29.0 Å². The van der Waals surface area contributed by atoms with Gasteiger partial charge in [0.25, 0.3) is 0 Å². The van der Waals surface area contributed by atoms with Gasteiger partial charge >= 0.3 is 5.97 Å². The Morgan fingerprint density at radius 1 is 1.38 bits per heavy atom. The standard InChI is InChI=1S/C18H24N4O3S/c1-4-8-12-14(16(23)24-6-3)15(13-9-7-10-25-13)22-17(19-12)20-18(21-22)26-11-5-2/h7,9-10,15H,4-6,8,11H2,1-3H3,(H,19,20,21). The van der Waals surface area contributed by atoms with Gasteiger partial charge in [-0.15, -0.1) is 5.10 Å². The van der Waals surface area contributed by atoms with Crippen LogP contribution in [0.5, 0.6) is 0 Å². The number of nitrogens with zero attached hydrogens (tertiary/aromatic N) is 3. The van der Waals surface area contributed by atoms with E-state index in [-0.39, 0.29) is 5.97 Å². The number of allylic oxidation sites excluding steroid dienone is 1. The van der Waals surface area contributed by atoms with E-state index in [1.807, 2.05) is 12.1 Å². The highest BCUT2D eigenvalue weighted by Crippen LogP contribution is 2.38. The number of furan rings is 1. The molecule has 26 heavy (non-hydrogen) atoms. The lowest BCUT2D eigenvalue weighted by Crippen LogP contribution is -2.30. The monoisotopic (exact) mass is 376 g/mol. The van der Waals surface area contributed by atoms with E-state index < -0.39 is 6.04 Å². The van der Waals surface area contributed by atoms with Crippen LogP contribution in [0.3, 0.4) is 0 Å². The van der Waals surface area contributed by atoms with Crippen molar-refractivity contribution in [2.24, 2.45) is 0 Å². The third-order valence-corrected chi connectivity index (χ3v) is 5.00. The van der Waals surface area contributed by atoms with Crippen LogP contribution >= 0.6 is 11.8 Å². The van der Waals surface area contributed by atoms with Crippen LogP contribution in [0, 0.1) is 0 Å². The highest BCUT2D eigenvalue weighted by molar-refractivity contribution is 7.99. The van der Waals surface area contributed by atoms with E-state index in [4.69, 9.17) is 9.15 Å². The van der Waals surface area contributed by atoms with E-state index in [1.54, 1.807) is 29.6 Å². The van der Waals surface area contributed by atoms with Crippen LogP contribution in [-0.2, 0) is 9.53 Å². The Morgan fingerprint density at radius 2 is 2.23 bits per heavy atom. The molecule has 1 aliphatic heterocycles. The average molecular weight is 376 g/mol. The van der Waals surface area contributed by atoms with Gasteiger partial charge in [-0.05, 0) is 31.9 Å². The Kier molecular flexibility index (Phi) is 6.03. The normalized spacial score (nSPS) is 16.3. The fourth-order valence-electron chi connectivity index (χ4n) is 2.91. The molecule has 0 radical (unpaired) electrons. The fraction of sp³-hybridized carbons (Fsp3) is 0.500. The molecule has 0 spiro atoms. The second kappa shape index (κ2) is 8.44. The molecule has 0 fully saturated rings. The number of ether oxygens (including phenoxy) is 1. The number of aromatic nitrogens is 3. The number of thioether (sulfide) groups is 1. The third-order valence-electron chi connectivity index (χ3n) is 3.96. The number of rotatable bonds is 8. The lowest BCUT2D eigenvalue weighted by atomic mass is 9.98. The number of hydrogen-bond donors (Lipinski definition) is 1. The summed E-state index contributed by atoms with van der Waals surface area (Å²) in [5, 5.41) is 8.59. The van der Waals surface area contributed by atoms with Crippen LogP contribution in [0.4, 0.5) is 5.95 Å². The van der Waals surface area contributed by atoms with Crippen molar-refractivity contribution in [1.82, 2.24) is 14.8 Å². The predicted molar refractivity (Wildman–Crippen MR) is 100 cm³/mol. The Bertz CT molecular complexity index is 782. The van der Waals surface area contributed by atoms with Crippen LogP contribution in [0.2, 0.25) is 0 Å². The smallest absolute Gasteiger partial charge is 0.338 e. The predicted octanol–water partition coefficient (Wildman–Crippen LogP) is 4.01. The molecule has 0 amide bonds. The summed E-state index contributed by atoms with van der Waals surface area (Å²) >= 11 is 1.60. The van der Waals surface area contributed by atoms with Crippen LogP contribution < -0.4 is 5.32 Å². The first-order valence-electron chi connectivity index (χ1n) is 8.99. The van der Waals surface area contributed by atoms with Gasteiger partial charge in [-0.3, -0.25) is 0 Å². The first kappa shape index (κ1) is 18.6. The molecule has 1 N–H and O–H groups in total. The number of carbonyl (C=O) groups is 1. The molecule has 8 heteroatoms. The molecule has 1 unspecified atom stereocenters. The van der Waals surface area contributed by atoms with Gasteiger partial charge in [-0.25, -0.2) is 9.48 Å². The molecule has 7 nitrogen and oxygen atoms in total. The maximum atomic E-state index is 12.7. The molecule has 3 rings (SSSR count). The van der Waals surface area contributed by atoms with Gasteiger partial charge < -0.3 is 14.5 Å². The molecule has 0 saturated carbocycles. The van der Waals surface area contributed by atoms with E-state index in [0.717, 1.165) is 30.7 Å². The quantitative estimate of drug-likeness (QED) is 0.550. The summed E-state index contributed by atoms with van der Waals surface area (Å²) in [6, 6.07) is 3.18. The largest absolute Gasteiger partial charge is 0.467 e. The summed E-state index contributed by atoms with van der Waals surface area (Å²) in [6.07, 6.45) is 4.25. The summed E-state index contributed by atoms with van der Waals surface area (Å²) in [5.74, 6) is 1.85. The highest BCUT2D eigenvalue weighted by Gasteiger charge is 2.37. The van der Waals surface area contributed by atoms with Gasteiger partial charge in [0, 0.05) is 11.4 Å². The van der Waals surface area contributed by atoms with Crippen LogP contribution in [0.15, 0.2) is 39.2 Å². The molecule has 0 aromatic carbocycles. The van der Waals surface area contributed by atoms with Crippen molar-refractivity contribution in [2.45, 2.75) is 51.2 Å². The van der Waals surface area contributed by atoms with Gasteiger partial charge in [0.2, 0.25) is 11.1 Å². The SMILES string of the molecule is CCCSc1nc2n(n1)C(c1ccco1)C(C(=O)OCC)=C(CCC)N2. The summed E-state index contributed by atoms with van der Waals surface area (Å²) in [6.45, 7) is 6.30. The van der Waals surface area contributed by atoms with Crippen LogP contribution in [-0.4, -0.2) is 33.1 Å². The van der Waals surface area contributed by atoms with Gasteiger partial charge in [0.15, 0.2) is 0 Å². The number of hydrogen-bond acceptors (Lipinski definition) is 7. The topological polar surface area (TPSA) is 82.2 Å². The summed E-state index contributed by atoms with van der Waals surface area (Å²) in [4.78, 5) is 17.3. The van der Waals surface area contributed by atoms with Crippen molar-refractivity contribution in [3.8, 4) is 0 Å². The van der Waals surface area contributed by atoms with Gasteiger partial charge in [0.1, 0.15) is 11.8 Å². The van der Waals surface area contributed by atoms with E-state index in [9.17, 15) is 4.79 Å². The fourth-order valence-corrected chi connectivity index (χ4v) is 3.60. The molecule has 2 aromatic heterocycles. The Labute approximate surface area is 157 Å². The zero-order valence-corrected chi connectivity index (χ0v) is 16.1. The molecular weight excluding hydrogens is 352 g/mol. The minimum Gasteiger partial charge on any atom is -0.467 e. The molecule has 0 aliphatic carbocycles. The minimum atomic E-state index is -0.481. The van der Waals surface area contributed by atoms with Gasteiger partial charge in [-0.1, -0.05) is 32.0 Å². The minimum absolute atomic E-state index is 0.314. The second-order valence-electron chi connectivity index (χ2n) is 5.92. The summed E-state index contributed by atoms with van der Waals surface area (Å²) in [7, 11) is 0. The lowest BCUT2D eigenvalue weighted by Gasteiger charge is -2.27. The first-order valence-corrected chi connectivity index (χ1v) is 9.98. The van der Waals surface area contributed by atoms with Crippen molar-refractivity contribution in [3.05, 3.63) is 35.4 Å². The van der Waals surface area contributed by atoms with Crippen molar-refractivity contribution in [3.63, 3.8) is 0 Å². The zero-order valence-electron chi connectivity index (χ0n) is 15.3. The molecule has 1 aliphatic rings. The van der Waals surface area contributed by atoms with Crippen LogP contribution in [0.25, 0.3) is 0 Å². The molecule has 1 atom stereocenters. The third kappa shape index (κ3) is 3.65. The average Bonchev–Trinajstić information content (AvgIpc) is 3.28. The van der Waals surface area contributed by atoms with Gasteiger partial charge in [0.05, 0.1) is 18.4 Å². The van der Waals surface area contributed by atoms with E-state index in [1.165, 1.54) is 0 Å². The second-order valence-corrected chi connectivity index (χ2v) is 6.98. The summed E-state index contributed by atoms with van der Waals surface area (Å²) < 4.78 is 12.7. The van der Waals surface area contributed by atoms with E-state index in [2.05, 4.69) is 29.2 Å². The zero-order chi connectivity index (χ0) is 18.5. The van der Waals surface area contributed by atoms with Crippen molar-refractivity contribution in [2.75, 3.05) is 17.7 Å². The Hall–Kier alpha value is -2.22. The Morgan fingerprint density at radius 3 is 2.88 bits per heavy atom. The molecular formula is C18H24N4O3S. The first-order chi connectivity index (χ1) is 12.7. The molecule has 3 heterocycles. The van der Waals surface area contributed by atoms with Crippen molar-refractivity contribution < 1.29 is 13.9 Å². The number of esters is 1. The maximum absolute atomic E-state index is 12.7. The lowest BCUT2D eigenvalue weighted by molar-refractivity contribution is -0.139. The van der Waals surface area contributed by atoms with E-state index >= 15 is 0 Å². The van der Waals surface area contributed by atoms with Gasteiger partial charge in [-0.2, -0.15) is 4.98 Å². The molecule has 0 bridgehead atoms. The number of nitrogens with one attached hydrogen (secondary N) is 1. The van der Waals surface area contributed by atoms with Crippen molar-refractivity contribution in [1.29, 1.82) is 0 Å². The number of carbonyl (C=O) groups excluding carboxylic acids is 1. The highest BCUT2D eigenvalue weighted by atomic mass is 32.2. The molecule has 2 aromatic rings. The number of fused-ring (bicyclic) bond motifs is 1. The maximum Gasteiger partial charge on any atom is 0.338 e. The number of anilines is 1.